The number of hydrogen-bond acceptors (Lipinski definition) is 3. The lowest BCUT2D eigenvalue weighted by molar-refractivity contribution is 0.344. The van der Waals surface area contributed by atoms with Gasteiger partial charge in [0.05, 0.1) is 14.2 Å². The Bertz CT molecular complexity index is 378. The minimum Gasteiger partial charge on any atom is -0.496 e. The summed E-state index contributed by atoms with van der Waals surface area (Å²) in [5.74, 6) is 1.47. The van der Waals surface area contributed by atoms with Gasteiger partial charge in [0.1, 0.15) is 17.3 Å². The van der Waals surface area contributed by atoms with Crippen LogP contribution in [-0.2, 0) is 6.42 Å². The lowest BCUT2D eigenvalue weighted by atomic mass is 9.90. The zero-order valence-corrected chi connectivity index (χ0v) is 11.0. The molecule has 0 spiro atoms. The average Bonchev–Trinajstić information content (AvgIpc) is 2.41. The molecule has 0 amide bonds. The Balaban J connectivity index is 2.23. The van der Waals surface area contributed by atoms with E-state index in [0.717, 1.165) is 37.9 Å². The van der Waals surface area contributed by atoms with Gasteiger partial charge in [0.2, 0.25) is 0 Å². The number of piperidine rings is 1. The lowest BCUT2D eigenvalue weighted by Gasteiger charge is -2.24. The van der Waals surface area contributed by atoms with Crippen LogP contribution >= 0.6 is 0 Å². The van der Waals surface area contributed by atoms with Crippen LogP contribution in [0.4, 0.5) is 4.39 Å². The van der Waals surface area contributed by atoms with E-state index in [1.54, 1.807) is 14.2 Å². The second-order valence-corrected chi connectivity index (χ2v) is 4.69. The molecule has 1 aliphatic rings. The first kappa shape index (κ1) is 13.1. The zero-order valence-electron chi connectivity index (χ0n) is 11.0. The maximum Gasteiger partial charge on any atom is 0.130 e. The first-order chi connectivity index (χ1) is 8.74. The van der Waals surface area contributed by atoms with Crippen LogP contribution in [0.1, 0.15) is 18.4 Å². The van der Waals surface area contributed by atoms with Crippen molar-refractivity contribution < 1.29 is 13.9 Å². The molecule has 4 heteroatoms. The van der Waals surface area contributed by atoms with Crippen LogP contribution in [-0.4, -0.2) is 27.3 Å². The molecule has 0 saturated carbocycles. The lowest BCUT2D eigenvalue weighted by Crippen LogP contribution is -2.28. The Kier molecular flexibility index (Phi) is 4.42. The van der Waals surface area contributed by atoms with Crippen LogP contribution < -0.4 is 14.8 Å². The van der Waals surface area contributed by atoms with Crippen molar-refractivity contribution in [3.05, 3.63) is 23.5 Å². The van der Waals surface area contributed by atoms with Crippen LogP contribution in [0.5, 0.6) is 11.5 Å². The summed E-state index contributed by atoms with van der Waals surface area (Å²) in [4.78, 5) is 0. The molecule has 1 aromatic rings. The number of hydrogen-bond donors (Lipinski definition) is 1. The minimum atomic E-state index is -0.322. The number of ether oxygens (including phenoxy) is 2. The van der Waals surface area contributed by atoms with Crippen molar-refractivity contribution in [1.82, 2.24) is 5.32 Å². The molecule has 1 heterocycles. The fourth-order valence-corrected chi connectivity index (χ4v) is 2.53. The molecule has 0 unspecified atom stereocenters. The summed E-state index contributed by atoms with van der Waals surface area (Å²) in [5, 5.41) is 3.34. The number of nitrogens with one attached hydrogen (secondary N) is 1. The molecular weight excluding hydrogens is 233 g/mol. The van der Waals surface area contributed by atoms with Gasteiger partial charge in [-0.3, -0.25) is 0 Å². The summed E-state index contributed by atoms with van der Waals surface area (Å²) in [5.41, 5.74) is 0.980. The van der Waals surface area contributed by atoms with E-state index in [9.17, 15) is 4.39 Å². The third-order valence-electron chi connectivity index (χ3n) is 3.52. The van der Waals surface area contributed by atoms with Crippen molar-refractivity contribution in [2.45, 2.75) is 19.3 Å². The number of benzene rings is 1. The van der Waals surface area contributed by atoms with Gasteiger partial charge in [-0.2, -0.15) is 0 Å². The Hall–Kier alpha value is -1.29. The predicted molar refractivity (Wildman–Crippen MR) is 68.8 cm³/mol. The Labute approximate surface area is 107 Å². The van der Waals surface area contributed by atoms with E-state index in [0.29, 0.717) is 17.4 Å². The van der Waals surface area contributed by atoms with Gasteiger partial charge >= 0.3 is 0 Å². The van der Waals surface area contributed by atoms with Crippen LogP contribution in [0.2, 0.25) is 0 Å². The summed E-state index contributed by atoms with van der Waals surface area (Å²) < 4.78 is 23.9. The SMILES string of the molecule is COc1cc(F)cc(OC)c1CC1CCNCC1. The minimum absolute atomic E-state index is 0.322. The Morgan fingerprint density at radius 1 is 1.17 bits per heavy atom. The molecule has 1 aromatic carbocycles. The van der Waals surface area contributed by atoms with Gasteiger partial charge in [-0.1, -0.05) is 0 Å². The number of rotatable bonds is 4. The molecule has 100 valence electrons. The summed E-state index contributed by atoms with van der Waals surface area (Å²) >= 11 is 0. The average molecular weight is 253 g/mol. The van der Waals surface area contributed by atoms with Crippen molar-refractivity contribution in [3.63, 3.8) is 0 Å². The highest BCUT2D eigenvalue weighted by Crippen LogP contribution is 2.33. The van der Waals surface area contributed by atoms with Crippen molar-refractivity contribution in [1.29, 1.82) is 0 Å². The maximum atomic E-state index is 13.4. The van der Waals surface area contributed by atoms with E-state index >= 15 is 0 Å². The van der Waals surface area contributed by atoms with Gasteiger partial charge in [-0.05, 0) is 38.3 Å². The third-order valence-corrected chi connectivity index (χ3v) is 3.52. The second kappa shape index (κ2) is 6.05. The monoisotopic (exact) mass is 253 g/mol. The van der Waals surface area contributed by atoms with Gasteiger partial charge in [-0.15, -0.1) is 0 Å². The van der Waals surface area contributed by atoms with E-state index in [-0.39, 0.29) is 5.82 Å². The second-order valence-electron chi connectivity index (χ2n) is 4.69. The van der Waals surface area contributed by atoms with Crippen molar-refractivity contribution >= 4 is 0 Å². The topological polar surface area (TPSA) is 30.5 Å². The van der Waals surface area contributed by atoms with Crippen LogP contribution in [0, 0.1) is 11.7 Å². The fraction of sp³-hybridized carbons (Fsp3) is 0.571. The largest absolute Gasteiger partial charge is 0.496 e. The first-order valence-corrected chi connectivity index (χ1v) is 6.35. The molecule has 18 heavy (non-hydrogen) atoms. The van der Waals surface area contributed by atoms with E-state index in [1.165, 1.54) is 12.1 Å². The number of methoxy groups -OCH3 is 2. The predicted octanol–water partition coefficient (Wildman–Crippen LogP) is 2.39. The Morgan fingerprint density at radius 2 is 1.72 bits per heavy atom. The molecular formula is C14H20FNO2. The molecule has 0 radical (unpaired) electrons. The molecule has 0 atom stereocenters. The highest BCUT2D eigenvalue weighted by molar-refractivity contribution is 5.45. The highest BCUT2D eigenvalue weighted by Gasteiger charge is 2.19. The van der Waals surface area contributed by atoms with Crippen LogP contribution in [0.15, 0.2) is 12.1 Å². The van der Waals surface area contributed by atoms with Crippen LogP contribution in [0.25, 0.3) is 0 Å². The quantitative estimate of drug-likeness (QED) is 0.893. The van der Waals surface area contributed by atoms with Crippen LogP contribution in [0.3, 0.4) is 0 Å². The third kappa shape index (κ3) is 2.93. The van der Waals surface area contributed by atoms with Gasteiger partial charge in [-0.25, -0.2) is 4.39 Å². The summed E-state index contributed by atoms with van der Waals surface area (Å²) in [6, 6.07) is 2.86. The Morgan fingerprint density at radius 3 is 2.22 bits per heavy atom. The van der Waals surface area contributed by atoms with E-state index in [4.69, 9.17) is 9.47 Å². The van der Waals surface area contributed by atoms with E-state index in [1.807, 2.05) is 0 Å². The normalized spacial score (nSPS) is 16.6. The van der Waals surface area contributed by atoms with Crippen molar-refractivity contribution in [2.24, 2.45) is 5.92 Å². The fourth-order valence-electron chi connectivity index (χ4n) is 2.53. The molecule has 1 fully saturated rings. The van der Waals surface area contributed by atoms with Gasteiger partial charge in [0.25, 0.3) is 0 Å². The zero-order chi connectivity index (χ0) is 13.0. The summed E-state index contributed by atoms with van der Waals surface area (Å²) in [7, 11) is 3.14. The highest BCUT2D eigenvalue weighted by atomic mass is 19.1. The van der Waals surface area contributed by atoms with Crippen molar-refractivity contribution in [2.75, 3.05) is 27.3 Å². The smallest absolute Gasteiger partial charge is 0.130 e. The molecule has 0 bridgehead atoms. The van der Waals surface area contributed by atoms with Gasteiger partial charge < -0.3 is 14.8 Å². The molecule has 2 rings (SSSR count). The molecule has 0 aliphatic carbocycles. The summed E-state index contributed by atoms with van der Waals surface area (Å²) in [6.07, 6.45) is 3.17. The molecule has 0 aromatic heterocycles. The van der Waals surface area contributed by atoms with Crippen molar-refractivity contribution in [3.8, 4) is 11.5 Å². The van der Waals surface area contributed by atoms with Gasteiger partial charge in [0.15, 0.2) is 0 Å². The van der Waals surface area contributed by atoms with E-state index < -0.39 is 0 Å². The van der Waals surface area contributed by atoms with E-state index in [2.05, 4.69) is 5.32 Å². The molecule has 1 saturated heterocycles. The maximum absolute atomic E-state index is 13.4. The standard InChI is InChI=1S/C14H20FNO2/c1-17-13-8-11(15)9-14(18-2)12(13)7-10-3-5-16-6-4-10/h8-10,16H,3-7H2,1-2H3. The molecule has 1 aliphatic heterocycles. The first-order valence-electron chi connectivity index (χ1n) is 6.35. The van der Waals surface area contributed by atoms with Gasteiger partial charge in [0, 0.05) is 17.7 Å². The summed E-state index contributed by atoms with van der Waals surface area (Å²) in [6.45, 7) is 2.10. The molecule has 3 nitrogen and oxygen atoms in total. The molecule has 1 N–H and O–H groups in total. The number of halogens is 1.